The molecule has 24 heavy (non-hydrogen) atoms. The molecule has 0 N–H and O–H groups in total. The predicted molar refractivity (Wildman–Crippen MR) is 109 cm³/mol. The molecule has 1 unspecified atom stereocenters. The molecule has 1 atom stereocenters. The van der Waals surface area contributed by atoms with E-state index in [9.17, 15) is 0 Å². The second-order valence-corrected chi connectivity index (χ2v) is 26.9. The summed E-state index contributed by atoms with van der Waals surface area (Å²) in [6.45, 7) is 17.1. The minimum atomic E-state index is -1.63. The quantitative estimate of drug-likeness (QED) is 0.315. The third-order valence-corrected chi connectivity index (χ3v) is 25.5. The average molecular weight is 419 g/mol. The molecule has 0 heterocycles. The van der Waals surface area contributed by atoms with Gasteiger partial charge in [-0.25, -0.2) is 0 Å². The van der Waals surface area contributed by atoms with Crippen molar-refractivity contribution >= 4 is 5.92 Å². The van der Waals surface area contributed by atoms with Crippen LogP contribution in [0, 0.1) is 5.92 Å². The number of hydrogen-bond acceptors (Lipinski definition) is 0. The molecule has 0 aromatic carbocycles. The Hall–Kier alpha value is -0.200. The molecule has 0 aromatic heterocycles. The number of rotatable bonds is 7. The second-order valence-electron chi connectivity index (χ2n) is 7.76. The molecular weight excluding hydrogens is 384 g/mol. The molecular formula is C22H35SiZr. The van der Waals surface area contributed by atoms with Crippen LogP contribution in [-0.2, 0) is 20.9 Å². The molecule has 0 aromatic rings. The van der Waals surface area contributed by atoms with Crippen molar-refractivity contribution in [2.75, 3.05) is 0 Å². The van der Waals surface area contributed by atoms with Crippen molar-refractivity contribution in [3.63, 3.8) is 0 Å². The molecule has 0 saturated heterocycles. The van der Waals surface area contributed by atoms with Crippen molar-refractivity contribution in [1.82, 2.24) is 0 Å². The van der Waals surface area contributed by atoms with Crippen LogP contribution in [0.2, 0.25) is 13.1 Å². The number of unbranched alkanes of at least 4 members (excludes halogenated alkanes) is 2. The summed E-state index contributed by atoms with van der Waals surface area (Å²) in [5.41, 5.74) is 6.39. The second kappa shape index (κ2) is 8.95. The molecule has 0 saturated carbocycles. The van der Waals surface area contributed by atoms with E-state index in [0.717, 1.165) is 5.92 Å². The normalized spacial score (nSPS) is 21.4. The summed E-state index contributed by atoms with van der Waals surface area (Å²) in [5.74, 6) is 0.119. The Balaban J connectivity index is 2.21. The fourth-order valence-corrected chi connectivity index (χ4v) is 25.0. The standard InChI is InChI=1S/C11H15.C9H13.C2H7Si.Zr/c1-2-3-4-5-8-11-9-6-7-10-11;1-6-5-7(2)9(4)8(6)3;1-3-2;/h5,8-10H,2-4,6H2,1H3;6H,1-4H3;3H,1-2H3;/b8-5+;;;. The van der Waals surface area contributed by atoms with Crippen molar-refractivity contribution in [2.24, 2.45) is 5.92 Å². The average Bonchev–Trinajstić information content (AvgIpc) is 3.07. The van der Waals surface area contributed by atoms with Crippen molar-refractivity contribution < 1.29 is 20.9 Å². The van der Waals surface area contributed by atoms with Gasteiger partial charge in [-0.2, -0.15) is 0 Å². The van der Waals surface area contributed by atoms with Crippen molar-refractivity contribution in [1.29, 1.82) is 0 Å². The Morgan fingerprint density at radius 2 is 1.92 bits per heavy atom. The molecule has 2 aliphatic rings. The first kappa shape index (κ1) is 20.1. The third-order valence-electron chi connectivity index (χ3n) is 5.79. The van der Waals surface area contributed by atoms with Crippen LogP contribution in [-0.4, -0.2) is 5.92 Å². The van der Waals surface area contributed by atoms with E-state index in [1.54, 1.807) is 16.7 Å². The molecule has 0 aliphatic heterocycles. The molecule has 0 radical (unpaired) electrons. The van der Waals surface area contributed by atoms with Gasteiger partial charge in [0, 0.05) is 0 Å². The summed E-state index contributed by atoms with van der Waals surface area (Å²) in [6, 6.07) is 0. The molecule has 0 nitrogen and oxygen atoms in total. The zero-order valence-corrected chi connectivity index (χ0v) is 20.4. The van der Waals surface area contributed by atoms with Crippen LogP contribution in [0.25, 0.3) is 0 Å². The van der Waals surface area contributed by atoms with Crippen molar-refractivity contribution in [3.8, 4) is 0 Å². The zero-order chi connectivity index (χ0) is 17.9. The summed E-state index contributed by atoms with van der Waals surface area (Å²) < 4.78 is 3.81. The summed E-state index contributed by atoms with van der Waals surface area (Å²) in [5, 5.41) is 0. The molecule has 2 heteroatoms. The van der Waals surface area contributed by atoms with Gasteiger partial charge >= 0.3 is 159 Å². The van der Waals surface area contributed by atoms with Crippen LogP contribution in [0.15, 0.2) is 53.2 Å². The van der Waals surface area contributed by atoms with Gasteiger partial charge in [0.1, 0.15) is 0 Å². The van der Waals surface area contributed by atoms with Gasteiger partial charge in [-0.15, -0.1) is 0 Å². The minimum absolute atomic E-state index is 0.603. The molecule has 2 rings (SSSR count). The first-order chi connectivity index (χ1) is 11.4. The van der Waals surface area contributed by atoms with Gasteiger partial charge in [0.25, 0.3) is 0 Å². The SMILES string of the molecule is CCCC/C=C/C1=CC[C]([Zr]([C]2=C(C)C(C)=C(C)C2C)[SiH](C)C)=C1. The number of allylic oxidation sites excluding steroid dienone is 10. The van der Waals surface area contributed by atoms with E-state index in [0.29, 0.717) is 0 Å². The number of hydrogen-bond donors (Lipinski definition) is 0. The van der Waals surface area contributed by atoms with Gasteiger partial charge in [0.2, 0.25) is 0 Å². The Kier molecular flexibility index (Phi) is 7.50. The fourth-order valence-electron chi connectivity index (χ4n) is 4.05. The van der Waals surface area contributed by atoms with Gasteiger partial charge < -0.3 is 0 Å². The van der Waals surface area contributed by atoms with Gasteiger partial charge in [0.05, 0.1) is 0 Å². The summed E-state index contributed by atoms with van der Waals surface area (Å²) in [6.07, 6.45) is 14.9. The molecule has 0 fully saturated rings. The predicted octanol–water partition coefficient (Wildman–Crippen LogP) is 6.81. The Morgan fingerprint density at radius 3 is 2.46 bits per heavy atom. The van der Waals surface area contributed by atoms with E-state index in [2.05, 4.69) is 72.0 Å². The molecule has 0 spiro atoms. The van der Waals surface area contributed by atoms with E-state index in [4.69, 9.17) is 0 Å². The van der Waals surface area contributed by atoms with Crippen LogP contribution in [0.3, 0.4) is 0 Å². The van der Waals surface area contributed by atoms with E-state index in [1.165, 1.54) is 31.3 Å². The molecule has 131 valence electrons. The van der Waals surface area contributed by atoms with Gasteiger partial charge in [-0.1, -0.05) is 0 Å². The monoisotopic (exact) mass is 417 g/mol. The van der Waals surface area contributed by atoms with Gasteiger partial charge in [0.15, 0.2) is 0 Å². The Bertz CT molecular complexity index is 628. The third kappa shape index (κ3) is 4.31. The summed E-state index contributed by atoms with van der Waals surface area (Å²) in [7, 11) is 0. The van der Waals surface area contributed by atoms with Gasteiger partial charge in [-0.05, 0) is 0 Å². The molecule has 0 amide bonds. The van der Waals surface area contributed by atoms with Crippen molar-refractivity contribution in [2.45, 2.75) is 73.4 Å². The maximum atomic E-state index is 2.61. The van der Waals surface area contributed by atoms with E-state index in [1.807, 2.05) is 6.56 Å². The van der Waals surface area contributed by atoms with E-state index >= 15 is 0 Å². The first-order valence-corrected chi connectivity index (χ1v) is 19.3. The zero-order valence-electron chi connectivity index (χ0n) is 16.8. The van der Waals surface area contributed by atoms with E-state index in [-0.39, 0.29) is 0 Å². The van der Waals surface area contributed by atoms with E-state index < -0.39 is 26.8 Å². The van der Waals surface area contributed by atoms with Crippen LogP contribution in [0.5, 0.6) is 0 Å². The topological polar surface area (TPSA) is 0 Å². The molecule has 0 bridgehead atoms. The molecule has 2 aliphatic carbocycles. The Labute approximate surface area is 158 Å². The fraction of sp³-hybridized carbons (Fsp3) is 0.545. The Morgan fingerprint density at radius 1 is 1.21 bits per heavy atom. The van der Waals surface area contributed by atoms with Crippen LogP contribution in [0.4, 0.5) is 0 Å². The summed E-state index contributed by atoms with van der Waals surface area (Å²) in [4.78, 5) is 0. The van der Waals surface area contributed by atoms with Gasteiger partial charge in [-0.3, -0.25) is 0 Å². The van der Waals surface area contributed by atoms with Crippen molar-refractivity contribution in [3.05, 3.63) is 53.2 Å². The van der Waals surface area contributed by atoms with Crippen LogP contribution >= 0.6 is 0 Å². The summed E-state index contributed by atoms with van der Waals surface area (Å²) >= 11 is -1.63. The van der Waals surface area contributed by atoms with Crippen LogP contribution in [0.1, 0.15) is 60.3 Å². The first-order valence-electron chi connectivity index (χ1n) is 9.71. The van der Waals surface area contributed by atoms with Crippen LogP contribution < -0.4 is 0 Å². The maximum absolute atomic E-state index is 2.61.